The number of hydrogen-bond acceptors (Lipinski definition) is 7. The van der Waals surface area contributed by atoms with Crippen molar-refractivity contribution in [2.75, 3.05) is 17.2 Å². The fourth-order valence-corrected chi connectivity index (χ4v) is 5.05. The number of aromatic nitrogens is 5. The first-order valence-corrected chi connectivity index (χ1v) is 11.9. The monoisotopic (exact) mass is 468 g/mol. The first-order valence-electron chi connectivity index (χ1n) is 9.61. The molecular formula is C21H17ClN6OS2. The second-order valence-corrected chi connectivity index (χ2v) is 9.47. The largest absolute Gasteiger partial charge is 0.311 e. The number of aryl methyl sites for hydroxylation is 1. The summed E-state index contributed by atoms with van der Waals surface area (Å²) in [5, 5.41) is 16.2. The fourth-order valence-electron chi connectivity index (χ4n) is 3.53. The molecule has 0 N–H and O–H groups in total. The predicted octanol–water partition coefficient (Wildman–Crippen LogP) is 4.43. The summed E-state index contributed by atoms with van der Waals surface area (Å²) in [5.74, 6) is 0.284. The van der Waals surface area contributed by atoms with Gasteiger partial charge in [-0.15, -0.1) is 16.4 Å². The van der Waals surface area contributed by atoms with Gasteiger partial charge in [0, 0.05) is 28.2 Å². The number of amides is 1. The molecule has 10 heteroatoms. The van der Waals surface area contributed by atoms with Gasteiger partial charge in [0.25, 0.3) is 0 Å². The fraction of sp³-hybridized carbons (Fsp3) is 0.190. The first-order chi connectivity index (χ1) is 15.1. The van der Waals surface area contributed by atoms with E-state index >= 15 is 0 Å². The molecule has 2 aromatic heterocycles. The molecule has 0 spiro atoms. The number of hydrogen-bond donors (Lipinski definition) is 0. The number of carbonyl (C=O) groups is 1. The van der Waals surface area contributed by atoms with Crippen molar-refractivity contribution in [2.24, 2.45) is 0 Å². The van der Waals surface area contributed by atoms with Gasteiger partial charge in [-0.05, 0) is 65.7 Å². The Bertz CT molecular complexity index is 1250. The Hall–Kier alpha value is -2.75. The Labute approximate surface area is 192 Å². The van der Waals surface area contributed by atoms with Crippen molar-refractivity contribution in [2.45, 2.75) is 18.5 Å². The van der Waals surface area contributed by atoms with E-state index in [2.05, 4.69) is 32.0 Å². The van der Waals surface area contributed by atoms with Gasteiger partial charge in [-0.25, -0.2) is 4.98 Å². The zero-order chi connectivity index (χ0) is 21.4. The summed E-state index contributed by atoms with van der Waals surface area (Å²) in [4.78, 5) is 19.4. The van der Waals surface area contributed by atoms with Crippen molar-refractivity contribution in [1.29, 1.82) is 0 Å². The molecule has 5 rings (SSSR count). The quantitative estimate of drug-likeness (QED) is 0.403. The van der Waals surface area contributed by atoms with E-state index in [9.17, 15) is 4.79 Å². The second-order valence-electron chi connectivity index (χ2n) is 7.03. The smallest absolute Gasteiger partial charge is 0.237 e. The molecule has 3 heterocycles. The molecule has 31 heavy (non-hydrogen) atoms. The van der Waals surface area contributed by atoms with E-state index in [1.165, 1.54) is 17.3 Å². The van der Waals surface area contributed by atoms with Gasteiger partial charge in [-0.1, -0.05) is 29.4 Å². The maximum atomic E-state index is 13.0. The summed E-state index contributed by atoms with van der Waals surface area (Å²) in [6, 6.07) is 13.4. The topological polar surface area (TPSA) is 76.8 Å². The number of fused-ring (bicyclic) bond motifs is 1. The number of rotatable bonds is 5. The lowest BCUT2D eigenvalue weighted by molar-refractivity contribution is -0.116. The Morgan fingerprint density at radius 3 is 2.84 bits per heavy atom. The molecule has 4 aromatic rings. The summed E-state index contributed by atoms with van der Waals surface area (Å²) in [6.45, 7) is 2.68. The van der Waals surface area contributed by atoms with Crippen LogP contribution in [0, 0.1) is 6.92 Å². The Morgan fingerprint density at radius 2 is 2.06 bits per heavy atom. The number of anilines is 1. The molecule has 0 radical (unpaired) electrons. The van der Waals surface area contributed by atoms with Gasteiger partial charge in [0.2, 0.25) is 11.1 Å². The second kappa shape index (κ2) is 8.41. The molecule has 1 aliphatic heterocycles. The van der Waals surface area contributed by atoms with Gasteiger partial charge in [0.1, 0.15) is 0 Å². The third-order valence-corrected chi connectivity index (χ3v) is 6.96. The van der Waals surface area contributed by atoms with E-state index in [4.69, 9.17) is 11.6 Å². The normalized spacial score (nSPS) is 12.9. The number of halogens is 1. The number of carbonyl (C=O) groups excluding carboxylic acids is 1. The standard InChI is InChI=1S/C21H17ClN6OS2/c1-13-23-18(11-30-13)14-2-7-19-15(10-14)8-9-27(19)20(29)12-31-21-24-25-26-28(21)17-5-3-16(22)4-6-17/h2-7,10-11H,8-9,12H2,1H3. The van der Waals surface area contributed by atoms with Crippen LogP contribution >= 0.6 is 34.7 Å². The number of thioether (sulfide) groups is 1. The van der Waals surface area contributed by atoms with Crippen LogP contribution < -0.4 is 4.90 Å². The van der Waals surface area contributed by atoms with Crippen molar-refractivity contribution >= 4 is 46.3 Å². The highest BCUT2D eigenvalue weighted by Crippen LogP contribution is 2.33. The summed E-state index contributed by atoms with van der Waals surface area (Å²) >= 11 is 8.92. The first kappa shape index (κ1) is 20.2. The molecular weight excluding hydrogens is 452 g/mol. The Kier molecular flexibility index (Phi) is 5.47. The third kappa shape index (κ3) is 4.08. The minimum absolute atomic E-state index is 0.0339. The van der Waals surface area contributed by atoms with E-state index in [-0.39, 0.29) is 11.7 Å². The SMILES string of the molecule is Cc1nc(-c2ccc3c(c2)CCN3C(=O)CSc2nnnn2-c2ccc(Cl)cc2)cs1. The van der Waals surface area contributed by atoms with Gasteiger partial charge < -0.3 is 4.90 Å². The molecule has 0 bridgehead atoms. The Morgan fingerprint density at radius 1 is 1.23 bits per heavy atom. The van der Waals surface area contributed by atoms with E-state index in [1.807, 2.05) is 36.1 Å². The molecule has 7 nitrogen and oxygen atoms in total. The van der Waals surface area contributed by atoms with Gasteiger partial charge in [-0.3, -0.25) is 4.79 Å². The van der Waals surface area contributed by atoms with E-state index in [0.29, 0.717) is 16.7 Å². The number of tetrazole rings is 1. The molecule has 156 valence electrons. The molecule has 0 saturated carbocycles. The zero-order valence-corrected chi connectivity index (χ0v) is 18.9. The highest BCUT2D eigenvalue weighted by atomic mass is 35.5. The highest BCUT2D eigenvalue weighted by molar-refractivity contribution is 7.99. The van der Waals surface area contributed by atoms with Crippen molar-refractivity contribution in [1.82, 2.24) is 25.2 Å². The van der Waals surface area contributed by atoms with Crippen molar-refractivity contribution in [3.8, 4) is 16.9 Å². The average Bonchev–Trinajstić information content (AvgIpc) is 3.51. The highest BCUT2D eigenvalue weighted by Gasteiger charge is 2.25. The molecule has 1 amide bonds. The minimum Gasteiger partial charge on any atom is -0.311 e. The van der Waals surface area contributed by atoms with Crippen molar-refractivity contribution in [3.05, 3.63) is 63.4 Å². The minimum atomic E-state index is 0.0339. The summed E-state index contributed by atoms with van der Waals surface area (Å²) in [7, 11) is 0. The summed E-state index contributed by atoms with van der Waals surface area (Å²) < 4.78 is 1.61. The lowest BCUT2D eigenvalue weighted by atomic mass is 10.1. The van der Waals surface area contributed by atoms with Crippen LogP contribution in [0.2, 0.25) is 5.02 Å². The van der Waals surface area contributed by atoms with E-state index < -0.39 is 0 Å². The summed E-state index contributed by atoms with van der Waals surface area (Å²) in [6.07, 6.45) is 0.839. The lowest BCUT2D eigenvalue weighted by Crippen LogP contribution is -2.30. The van der Waals surface area contributed by atoms with Crippen LogP contribution in [0.4, 0.5) is 5.69 Å². The number of thiazole rings is 1. The Balaban J connectivity index is 1.29. The van der Waals surface area contributed by atoms with Crippen LogP contribution in [0.15, 0.2) is 53.0 Å². The predicted molar refractivity (Wildman–Crippen MR) is 123 cm³/mol. The van der Waals surface area contributed by atoms with Crippen LogP contribution in [0.1, 0.15) is 10.6 Å². The van der Waals surface area contributed by atoms with Gasteiger partial charge >= 0.3 is 0 Å². The maximum absolute atomic E-state index is 13.0. The van der Waals surface area contributed by atoms with Gasteiger partial charge in [0.15, 0.2) is 0 Å². The molecule has 1 aliphatic rings. The molecule has 0 aliphatic carbocycles. The zero-order valence-electron chi connectivity index (χ0n) is 16.5. The molecule has 0 atom stereocenters. The van der Waals surface area contributed by atoms with Crippen LogP contribution in [0.3, 0.4) is 0 Å². The van der Waals surface area contributed by atoms with Crippen LogP contribution in [0.5, 0.6) is 0 Å². The van der Waals surface area contributed by atoms with Gasteiger partial charge in [-0.2, -0.15) is 4.68 Å². The van der Waals surface area contributed by atoms with Crippen molar-refractivity contribution in [3.63, 3.8) is 0 Å². The summed E-state index contributed by atoms with van der Waals surface area (Å²) in [5.41, 5.74) is 5.01. The molecule has 0 saturated heterocycles. The lowest BCUT2D eigenvalue weighted by Gasteiger charge is -2.17. The van der Waals surface area contributed by atoms with E-state index in [0.717, 1.165) is 34.1 Å². The van der Waals surface area contributed by atoms with Crippen molar-refractivity contribution < 1.29 is 4.79 Å². The van der Waals surface area contributed by atoms with Crippen LogP contribution in [0.25, 0.3) is 16.9 Å². The number of benzene rings is 2. The van der Waals surface area contributed by atoms with Gasteiger partial charge in [0.05, 0.1) is 22.1 Å². The van der Waals surface area contributed by atoms with E-state index in [1.54, 1.807) is 28.2 Å². The molecule has 2 aromatic carbocycles. The third-order valence-electron chi connectivity index (χ3n) is 5.03. The maximum Gasteiger partial charge on any atom is 0.237 e. The number of nitrogens with zero attached hydrogens (tertiary/aromatic N) is 6. The van der Waals surface area contributed by atoms with Crippen LogP contribution in [-0.2, 0) is 11.2 Å². The molecule has 0 fully saturated rings. The van der Waals surface area contributed by atoms with Crippen LogP contribution in [-0.4, -0.2) is 43.4 Å². The molecule has 0 unspecified atom stereocenters. The average molecular weight is 469 g/mol.